The maximum atomic E-state index is 15.0. The van der Waals surface area contributed by atoms with Crippen molar-refractivity contribution < 1.29 is 13.5 Å². The van der Waals surface area contributed by atoms with Gasteiger partial charge in [0.1, 0.15) is 22.9 Å². The molecule has 0 spiro atoms. The van der Waals surface area contributed by atoms with Crippen LogP contribution in [0.2, 0.25) is 0 Å². The van der Waals surface area contributed by atoms with Gasteiger partial charge in [0.15, 0.2) is 11.6 Å². The van der Waals surface area contributed by atoms with Gasteiger partial charge in [0, 0.05) is 50.0 Å². The second-order valence-electron chi connectivity index (χ2n) is 10.2. The van der Waals surface area contributed by atoms with Crippen LogP contribution in [0, 0.1) is 18.6 Å². The van der Waals surface area contributed by atoms with Gasteiger partial charge in [-0.1, -0.05) is 6.07 Å². The molecule has 2 aliphatic heterocycles. The molecule has 0 saturated carbocycles. The minimum atomic E-state index is -0.644. The monoisotopic (exact) mass is 520 g/mol. The Hall–Kier alpha value is -3.54. The summed E-state index contributed by atoms with van der Waals surface area (Å²) in [7, 11) is 0. The molecule has 2 saturated heterocycles. The van der Waals surface area contributed by atoms with E-state index >= 15 is 0 Å². The van der Waals surface area contributed by atoms with Crippen molar-refractivity contribution in [1.82, 2.24) is 34.7 Å². The first-order valence-electron chi connectivity index (χ1n) is 12.9. The molecule has 9 nitrogen and oxygen atoms in total. The van der Waals surface area contributed by atoms with Crippen LogP contribution in [0.5, 0.6) is 0 Å². The fourth-order valence-electron chi connectivity index (χ4n) is 5.45. The molecule has 11 heteroatoms. The van der Waals surface area contributed by atoms with Crippen molar-refractivity contribution in [2.24, 2.45) is 0 Å². The lowest BCUT2D eigenvalue weighted by molar-refractivity contribution is 0.0175. The van der Waals surface area contributed by atoms with Crippen molar-refractivity contribution in [2.45, 2.75) is 45.5 Å². The fourth-order valence-corrected chi connectivity index (χ4v) is 5.45. The third-order valence-electron chi connectivity index (χ3n) is 7.11. The highest BCUT2D eigenvalue weighted by Gasteiger charge is 2.35. The first-order valence-corrected chi connectivity index (χ1v) is 12.9. The van der Waals surface area contributed by atoms with Gasteiger partial charge >= 0.3 is 0 Å². The number of aromatic nitrogens is 5. The van der Waals surface area contributed by atoms with Gasteiger partial charge in [-0.25, -0.2) is 28.7 Å². The number of morpholine rings is 1. The van der Waals surface area contributed by atoms with E-state index in [1.165, 1.54) is 6.07 Å². The smallest absolute Gasteiger partial charge is 0.229 e. The average molecular weight is 521 g/mol. The lowest BCUT2D eigenvalue weighted by Crippen LogP contribution is -2.47. The summed E-state index contributed by atoms with van der Waals surface area (Å²) in [6, 6.07) is 7.26. The number of rotatable bonds is 6. The molecule has 38 heavy (non-hydrogen) atoms. The molecule has 2 N–H and O–H groups in total. The molecule has 0 bridgehead atoms. The quantitative estimate of drug-likeness (QED) is 0.395. The van der Waals surface area contributed by atoms with Crippen molar-refractivity contribution in [3.8, 4) is 11.3 Å². The van der Waals surface area contributed by atoms with Gasteiger partial charge in [0.25, 0.3) is 0 Å². The number of imidazole rings is 1. The van der Waals surface area contributed by atoms with E-state index in [-0.39, 0.29) is 29.3 Å². The number of ether oxygens (including phenoxy) is 1. The highest BCUT2D eigenvalue weighted by atomic mass is 19.1. The Morgan fingerprint density at radius 2 is 1.97 bits per heavy atom. The summed E-state index contributed by atoms with van der Waals surface area (Å²) in [5.41, 5.74) is 2.24. The lowest BCUT2D eigenvalue weighted by Gasteiger charge is -2.25. The minimum absolute atomic E-state index is 0.000378. The van der Waals surface area contributed by atoms with E-state index in [4.69, 9.17) is 4.74 Å². The number of aryl methyl sites for hydroxylation is 1. The third-order valence-corrected chi connectivity index (χ3v) is 7.11. The number of nitrogens with zero attached hydrogens (tertiary/aromatic N) is 6. The number of hydrogen-bond acceptors (Lipinski definition) is 8. The Bertz CT molecular complexity index is 1460. The molecule has 4 aromatic rings. The number of halogens is 2. The number of nitrogens with one attached hydrogen (secondary N) is 2. The first-order chi connectivity index (χ1) is 18.4. The number of hydrogen-bond donors (Lipinski definition) is 2. The summed E-state index contributed by atoms with van der Waals surface area (Å²) < 4.78 is 37.5. The predicted octanol–water partition coefficient (Wildman–Crippen LogP) is 3.97. The molecule has 198 valence electrons. The zero-order valence-electron chi connectivity index (χ0n) is 21.6. The maximum Gasteiger partial charge on any atom is 0.229 e. The predicted molar refractivity (Wildman–Crippen MR) is 140 cm³/mol. The Kier molecular flexibility index (Phi) is 6.50. The van der Waals surface area contributed by atoms with Gasteiger partial charge in [-0.2, -0.15) is 0 Å². The normalized spacial score (nSPS) is 19.8. The van der Waals surface area contributed by atoms with Crippen LogP contribution in [0.4, 0.5) is 20.5 Å². The molecule has 2 atom stereocenters. The summed E-state index contributed by atoms with van der Waals surface area (Å²) in [4.78, 5) is 19.6. The van der Waals surface area contributed by atoms with Crippen molar-refractivity contribution in [3.05, 3.63) is 59.7 Å². The van der Waals surface area contributed by atoms with Crippen LogP contribution in [-0.2, 0) is 11.3 Å². The molecule has 2 aliphatic rings. The van der Waals surface area contributed by atoms with Crippen LogP contribution in [0.3, 0.4) is 0 Å². The van der Waals surface area contributed by atoms with Gasteiger partial charge in [0.05, 0.1) is 24.4 Å². The molecule has 3 aromatic heterocycles. The van der Waals surface area contributed by atoms with Gasteiger partial charge in [-0.15, -0.1) is 0 Å². The Balaban J connectivity index is 1.20. The summed E-state index contributed by atoms with van der Waals surface area (Å²) >= 11 is 0. The second kappa shape index (κ2) is 9.97. The van der Waals surface area contributed by atoms with E-state index in [0.717, 1.165) is 44.5 Å². The van der Waals surface area contributed by atoms with Gasteiger partial charge < -0.3 is 19.9 Å². The highest BCUT2D eigenvalue weighted by molar-refractivity contribution is 5.83. The van der Waals surface area contributed by atoms with Gasteiger partial charge in [-0.3, -0.25) is 4.90 Å². The standard InChI is InChI=1S/C27H30F2N8O/c1-15(2)37-16(3)33-26-19(28)8-18(9-22(26)37)25-20(29)11-32-27(35-25)34-24-5-4-17(10-31-24)12-36-13-21-23(14-36)38-7-6-30-21/h4-5,8-11,15,21,23,30H,6-7,12-14H2,1-3H3,(H,31,32,34,35)/t21-,23?/m0/s1. The fraction of sp³-hybridized carbons (Fsp3) is 0.407. The van der Waals surface area contributed by atoms with E-state index in [0.29, 0.717) is 28.8 Å². The van der Waals surface area contributed by atoms with Crippen LogP contribution in [0.25, 0.3) is 22.3 Å². The second-order valence-corrected chi connectivity index (χ2v) is 10.2. The summed E-state index contributed by atoms with van der Waals surface area (Å²) in [5.74, 6) is 0.224. The van der Waals surface area contributed by atoms with E-state index in [1.54, 1.807) is 6.07 Å². The van der Waals surface area contributed by atoms with E-state index in [1.807, 2.05) is 43.7 Å². The molecule has 6 rings (SSSR count). The van der Waals surface area contributed by atoms with Crippen molar-refractivity contribution in [1.29, 1.82) is 0 Å². The van der Waals surface area contributed by atoms with Crippen molar-refractivity contribution in [2.75, 3.05) is 31.6 Å². The molecule has 1 unspecified atom stereocenters. The van der Waals surface area contributed by atoms with Gasteiger partial charge in [0.2, 0.25) is 5.95 Å². The van der Waals surface area contributed by atoms with E-state index in [2.05, 4.69) is 35.5 Å². The summed E-state index contributed by atoms with van der Waals surface area (Å²) in [6.45, 7) is 10.1. The Morgan fingerprint density at radius 3 is 2.74 bits per heavy atom. The molecule has 0 radical (unpaired) electrons. The molecule has 0 amide bonds. The Labute approximate surface area is 219 Å². The molecule has 0 aliphatic carbocycles. The minimum Gasteiger partial charge on any atom is -0.374 e. The number of anilines is 2. The molecular weight excluding hydrogens is 490 g/mol. The highest BCUT2D eigenvalue weighted by Crippen LogP contribution is 2.30. The molecule has 5 heterocycles. The number of pyridine rings is 1. The first kappa shape index (κ1) is 24.8. The zero-order chi connectivity index (χ0) is 26.4. The SMILES string of the molecule is Cc1nc2c(F)cc(-c3nc(Nc4ccc(CN5CC6OCCN[C@H]6C5)cn4)ncc3F)cc2n1C(C)C. The molecule has 1 aromatic carbocycles. The Morgan fingerprint density at radius 1 is 1.11 bits per heavy atom. The van der Waals surface area contributed by atoms with E-state index in [9.17, 15) is 8.78 Å². The topological polar surface area (TPSA) is 93.0 Å². The van der Waals surface area contributed by atoms with Crippen molar-refractivity contribution in [3.63, 3.8) is 0 Å². The molecule has 2 fully saturated rings. The number of likely N-dealkylation sites (tertiary alicyclic amines) is 1. The maximum absolute atomic E-state index is 15.0. The zero-order valence-corrected chi connectivity index (χ0v) is 21.6. The number of benzene rings is 1. The number of fused-ring (bicyclic) bond motifs is 2. The largest absolute Gasteiger partial charge is 0.374 e. The summed E-state index contributed by atoms with van der Waals surface area (Å²) in [5, 5.41) is 6.55. The molecular formula is C27H30F2N8O. The van der Waals surface area contributed by atoms with Crippen LogP contribution in [-0.4, -0.2) is 67.8 Å². The third kappa shape index (κ3) is 4.72. The van der Waals surface area contributed by atoms with Crippen LogP contribution >= 0.6 is 0 Å². The van der Waals surface area contributed by atoms with E-state index < -0.39 is 11.6 Å². The van der Waals surface area contributed by atoms with Crippen LogP contribution in [0.1, 0.15) is 31.3 Å². The van der Waals surface area contributed by atoms with Crippen LogP contribution < -0.4 is 10.6 Å². The van der Waals surface area contributed by atoms with Crippen molar-refractivity contribution >= 4 is 22.8 Å². The van der Waals surface area contributed by atoms with Crippen LogP contribution in [0.15, 0.2) is 36.7 Å². The average Bonchev–Trinajstić information content (AvgIpc) is 3.46. The lowest BCUT2D eigenvalue weighted by atomic mass is 10.1. The summed E-state index contributed by atoms with van der Waals surface area (Å²) in [6.07, 6.45) is 3.13. The van der Waals surface area contributed by atoms with Gasteiger partial charge in [-0.05, 0) is 44.5 Å².